The molecule has 194 valence electrons. The van der Waals surface area contributed by atoms with Gasteiger partial charge in [0.2, 0.25) is 0 Å². The largest absolute Gasteiger partial charge is 0.457 e. The molecule has 1 aromatic rings. The van der Waals surface area contributed by atoms with E-state index in [4.69, 9.17) is 4.74 Å². The van der Waals surface area contributed by atoms with Gasteiger partial charge in [-0.05, 0) is 63.0 Å². The zero-order valence-corrected chi connectivity index (χ0v) is 24.0. The second-order valence-corrected chi connectivity index (χ2v) is 12.2. The number of carbonyl (C=O) groups excluding carboxylic acids is 2. The van der Waals surface area contributed by atoms with Crippen molar-refractivity contribution in [3.63, 3.8) is 0 Å². The summed E-state index contributed by atoms with van der Waals surface area (Å²) in [6.07, 6.45) is 11.0. The molecule has 0 bridgehead atoms. The fourth-order valence-corrected chi connectivity index (χ4v) is 5.13. The minimum atomic E-state index is -0.606. The normalized spacial score (nSPS) is 32.3. The molecule has 0 unspecified atom stereocenters. The summed E-state index contributed by atoms with van der Waals surface area (Å²) < 4.78 is 6.02. The molecule has 1 aliphatic rings. The first-order chi connectivity index (χ1) is 16.3. The molecule has 0 radical (unpaired) electrons. The van der Waals surface area contributed by atoms with E-state index in [1.165, 1.54) is 5.57 Å². The number of hydrogen-bond donors (Lipinski definition) is 0. The summed E-state index contributed by atoms with van der Waals surface area (Å²) in [5.74, 6) is 0.469. The lowest BCUT2D eigenvalue weighted by atomic mass is 9.67. The fraction of sp³-hybridized carbons (Fsp3) is 0.633. The number of hydrogen-bond acceptors (Lipinski definition) is 5. The first-order valence-corrected chi connectivity index (χ1v) is 13.9. The number of esters is 1. The Morgan fingerprint density at radius 2 is 1.80 bits per heavy atom. The zero-order valence-electron chi connectivity index (χ0n) is 23.2. The number of Topliss-reactive ketones (excluding diaryl/α,β-unsaturated/α-hetero) is 1. The number of ether oxygens (including phenoxy) is 1. The van der Waals surface area contributed by atoms with Crippen molar-refractivity contribution >= 4 is 29.2 Å². The predicted octanol–water partition coefficient (Wildman–Crippen LogP) is 7.98. The zero-order chi connectivity index (χ0) is 26.3. The van der Waals surface area contributed by atoms with Crippen molar-refractivity contribution in [1.82, 2.24) is 4.98 Å². The second kappa shape index (κ2) is 12.8. The van der Waals surface area contributed by atoms with E-state index in [0.717, 1.165) is 29.1 Å². The molecule has 2 rings (SSSR count). The first kappa shape index (κ1) is 29.2. The van der Waals surface area contributed by atoms with Gasteiger partial charge in [-0.2, -0.15) is 0 Å². The van der Waals surface area contributed by atoms with Crippen LogP contribution in [0.2, 0.25) is 0 Å². The summed E-state index contributed by atoms with van der Waals surface area (Å²) >= 11 is 1.61. The van der Waals surface area contributed by atoms with Gasteiger partial charge in [0.25, 0.3) is 0 Å². The number of cyclic esters (lactones) is 1. The lowest BCUT2D eigenvalue weighted by Gasteiger charge is -2.35. The van der Waals surface area contributed by atoms with E-state index >= 15 is 0 Å². The maximum Gasteiger partial charge on any atom is 0.306 e. The third-order valence-electron chi connectivity index (χ3n) is 8.03. The fourth-order valence-electron chi connectivity index (χ4n) is 4.56. The Bertz CT molecular complexity index is 968. The van der Waals surface area contributed by atoms with Gasteiger partial charge < -0.3 is 4.74 Å². The standard InChI is InChI=1S/C30H45NO3S/c1-19-12-10-11-13-20(2)23(5)24(6)29(33)30(8,9)22(4)17-28(32)34-27(15-14-19)21(3)16-26-18-35-25(7)31-26/h10-11,14,16,18,20,22-24,27H,12-13,15,17H2,1-9H3/b11-10+,19-14-,21-16+/t20-,22-,23-,24+,27-/m0/s1. The maximum atomic E-state index is 13.5. The van der Waals surface area contributed by atoms with Crippen LogP contribution < -0.4 is 0 Å². The van der Waals surface area contributed by atoms with Crippen molar-refractivity contribution in [3.8, 4) is 0 Å². The Morgan fingerprint density at radius 1 is 1.11 bits per heavy atom. The molecule has 0 fully saturated rings. The average Bonchev–Trinajstić information content (AvgIpc) is 3.21. The summed E-state index contributed by atoms with van der Waals surface area (Å²) in [4.78, 5) is 31.1. The van der Waals surface area contributed by atoms with Gasteiger partial charge in [-0.3, -0.25) is 9.59 Å². The van der Waals surface area contributed by atoms with E-state index in [0.29, 0.717) is 12.3 Å². The van der Waals surface area contributed by atoms with E-state index in [2.05, 4.69) is 44.0 Å². The summed E-state index contributed by atoms with van der Waals surface area (Å²) in [5, 5.41) is 3.03. The van der Waals surface area contributed by atoms with Crippen LogP contribution in [0.15, 0.2) is 34.8 Å². The molecular formula is C30H45NO3S. The summed E-state index contributed by atoms with van der Waals surface area (Å²) in [5.41, 5.74) is 2.51. The molecule has 4 nitrogen and oxygen atoms in total. The quantitative estimate of drug-likeness (QED) is 0.306. The van der Waals surface area contributed by atoms with Gasteiger partial charge in [-0.1, -0.05) is 65.3 Å². The minimum absolute atomic E-state index is 0.0660. The van der Waals surface area contributed by atoms with E-state index < -0.39 is 5.41 Å². The number of allylic oxidation sites excluding steroid dienone is 3. The molecule has 1 aliphatic heterocycles. The van der Waals surface area contributed by atoms with Gasteiger partial charge in [-0.25, -0.2) is 4.98 Å². The lowest BCUT2D eigenvalue weighted by Crippen LogP contribution is -2.40. The molecule has 2 heterocycles. The Hall–Kier alpha value is -2.01. The van der Waals surface area contributed by atoms with Crippen LogP contribution in [0.3, 0.4) is 0 Å². The Kier molecular flexibility index (Phi) is 10.7. The summed E-state index contributed by atoms with van der Waals surface area (Å²) in [6, 6.07) is 0. The Balaban J connectivity index is 2.35. The SMILES string of the molecule is C/C1=C/C[C@@H](/C(C)=C/c2csc(C)n2)OC(=O)C[C@H](C)C(C)(C)C(=O)[C@H](C)[C@@H](C)[C@@H](C)C/C=C/C1. The number of carbonyl (C=O) groups is 2. The van der Waals surface area contributed by atoms with Crippen LogP contribution >= 0.6 is 11.3 Å². The van der Waals surface area contributed by atoms with Gasteiger partial charge in [0.05, 0.1) is 10.7 Å². The summed E-state index contributed by atoms with van der Waals surface area (Å²) in [7, 11) is 0. The molecule has 0 aromatic carbocycles. The highest BCUT2D eigenvalue weighted by Crippen LogP contribution is 2.37. The second-order valence-electron chi connectivity index (χ2n) is 11.2. The van der Waals surface area contributed by atoms with Crippen molar-refractivity contribution in [1.29, 1.82) is 0 Å². The number of thiazole rings is 1. The van der Waals surface area contributed by atoms with Gasteiger partial charge in [0.1, 0.15) is 11.9 Å². The summed E-state index contributed by atoms with van der Waals surface area (Å²) in [6.45, 7) is 18.5. The van der Waals surface area contributed by atoms with E-state index in [1.807, 2.05) is 53.0 Å². The molecule has 0 saturated carbocycles. The van der Waals surface area contributed by atoms with E-state index in [9.17, 15) is 9.59 Å². The predicted molar refractivity (Wildman–Crippen MR) is 147 cm³/mol. The molecule has 0 spiro atoms. The smallest absolute Gasteiger partial charge is 0.306 e. The van der Waals surface area contributed by atoms with Crippen molar-refractivity contribution in [2.24, 2.45) is 29.1 Å². The van der Waals surface area contributed by atoms with E-state index in [-0.39, 0.29) is 42.0 Å². The number of aromatic nitrogens is 1. The number of nitrogens with zero attached hydrogens (tertiary/aromatic N) is 1. The van der Waals surface area contributed by atoms with E-state index in [1.54, 1.807) is 11.3 Å². The molecule has 35 heavy (non-hydrogen) atoms. The van der Waals surface area contributed by atoms with Crippen molar-refractivity contribution < 1.29 is 14.3 Å². The molecule has 0 amide bonds. The molecule has 5 atom stereocenters. The molecule has 0 saturated heterocycles. The first-order valence-electron chi connectivity index (χ1n) is 13.0. The van der Waals surface area contributed by atoms with Crippen LogP contribution in [-0.2, 0) is 14.3 Å². The minimum Gasteiger partial charge on any atom is -0.457 e. The Labute approximate surface area is 217 Å². The molecule has 0 aliphatic carbocycles. The highest BCUT2D eigenvalue weighted by Gasteiger charge is 2.40. The Morgan fingerprint density at radius 3 is 2.43 bits per heavy atom. The van der Waals surface area contributed by atoms with Gasteiger partial charge in [0.15, 0.2) is 0 Å². The third kappa shape index (κ3) is 8.27. The van der Waals surface area contributed by atoms with Crippen LogP contribution in [0.25, 0.3) is 6.08 Å². The monoisotopic (exact) mass is 499 g/mol. The molecular weight excluding hydrogens is 454 g/mol. The van der Waals surface area contributed by atoms with Crippen LogP contribution in [0.1, 0.15) is 91.8 Å². The topological polar surface area (TPSA) is 56.3 Å². The third-order valence-corrected chi connectivity index (χ3v) is 8.82. The van der Waals surface area contributed by atoms with Crippen LogP contribution in [0, 0.1) is 36.0 Å². The number of aryl methyl sites for hydroxylation is 1. The lowest BCUT2D eigenvalue weighted by molar-refractivity contribution is -0.150. The maximum absolute atomic E-state index is 13.5. The molecule has 1 aromatic heterocycles. The van der Waals surface area contributed by atoms with Gasteiger partial charge >= 0.3 is 5.97 Å². The van der Waals surface area contributed by atoms with Crippen LogP contribution in [0.5, 0.6) is 0 Å². The highest BCUT2D eigenvalue weighted by molar-refractivity contribution is 7.09. The highest BCUT2D eigenvalue weighted by atomic mass is 32.1. The van der Waals surface area contributed by atoms with Gasteiger partial charge in [0, 0.05) is 29.6 Å². The van der Waals surface area contributed by atoms with Crippen molar-refractivity contribution in [2.45, 2.75) is 94.1 Å². The van der Waals surface area contributed by atoms with Crippen LogP contribution in [0.4, 0.5) is 0 Å². The number of rotatable bonds is 2. The van der Waals surface area contributed by atoms with Crippen molar-refractivity contribution in [2.75, 3.05) is 0 Å². The van der Waals surface area contributed by atoms with Crippen molar-refractivity contribution in [3.05, 3.63) is 45.5 Å². The van der Waals surface area contributed by atoms with Gasteiger partial charge in [-0.15, -0.1) is 11.3 Å². The molecule has 5 heteroatoms. The number of ketones is 1. The van der Waals surface area contributed by atoms with Crippen LogP contribution in [-0.4, -0.2) is 22.8 Å². The molecule has 0 N–H and O–H groups in total. The average molecular weight is 500 g/mol.